The molecular weight excluding hydrogens is 1210 g/mol. The van der Waals surface area contributed by atoms with Crippen LogP contribution >= 0.6 is 15.6 Å². The van der Waals surface area contributed by atoms with E-state index in [1.807, 2.05) is 0 Å². The van der Waals surface area contributed by atoms with Crippen molar-refractivity contribution in [1.82, 2.24) is 0 Å². The molecule has 5 atom stereocenters. The Hall–Kier alpha value is -1.94. The maximum absolute atomic E-state index is 13.0. The van der Waals surface area contributed by atoms with E-state index in [1.165, 1.54) is 161 Å². The van der Waals surface area contributed by atoms with Crippen LogP contribution in [-0.2, 0) is 65.4 Å². The molecule has 0 aromatic heterocycles. The summed E-state index contributed by atoms with van der Waals surface area (Å²) in [5.41, 5.74) is 0. The van der Waals surface area contributed by atoms with Crippen LogP contribution in [0.2, 0.25) is 0 Å². The topological polar surface area (TPSA) is 237 Å². The number of hydrogen-bond acceptors (Lipinski definition) is 15. The average molecular weight is 1350 g/mol. The zero-order chi connectivity index (χ0) is 68.2. The first-order chi connectivity index (χ1) is 44.1. The second-order valence-corrected chi connectivity index (χ2v) is 31.1. The minimum absolute atomic E-state index is 0.104. The summed E-state index contributed by atoms with van der Waals surface area (Å²) in [6.45, 7) is 14.1. The van der Waals surface area contributed by atoms with Crippen LogP contribution in [0, 0.1) is 23.7 Å². The molecule has 92 heavy (non-hydrogen) atoms. The lowest BCUT2D eigenvalue weighted by Gasteiger charge is -2.21. The lowest BCUT2D eigenvalue weighted by molar-refractivity contribution is -0.161. The molecule has 17 nitrogen and oxygen atoms in total. The molecule has 0 saturated carbocycles. The number of aliphatic hydroxyl groups excluding tert-OH is 1. The zero-order valence-electron chi connectivity index (χ0n) is 60.2. The first kappa shape index (κ1) is 90.1. The number of carbonyl (C=O) groups is 4. The van der Waals surface area contributed by atoms with Crippen LogP contribution in [0.25, 0.3) is 0 Å². The number of phosphoric acid groups is 2. The number of esters is 4. The molecule has 0 aliphatic carbocycles. The third-order valence-electron chi connectivity index (χ3n) is 16.8. The Morgan fingerprint density at radius 1 is 0.272 bits per heavy atom. The second-order valence-electron chi connectivity index (χ2n) is 28.2. The van der Waals surface area contributed by atoms with Gasteiger partial charge in [-0.05, 0) is 49.4 Å². The predicted molar refractivity (Wildman–Crippen MR) is 372 cm³/mol. The normalized spacial score (nSPS) is 14.2. The highest BCUT2D eigenvalue weighted by atomic mass is 31.2. The first-order valence-electron chi connectivity index (χ1n) is 37.7. The quantitative estimate of drug-likeness (QED) is 0.0222. The highest BCUT2D eigenvalue weighted by Crippen LogP contribution is 2.45. The van der Waals surface area contributed by atoms with Crippen LogP contribution in [0.15, 0.2) is 0 Å². The Bertz CT molecular complexity index is 1820. The largest absolute Gasteiger partial charge is 0.472 e. The summed E-state index contributed by atoms with van der Waals surface area (Å²) in [7, 11) is -9.91. The molecule has 0 bridgehead atoms. The molecular formula is C73H142O17P2. The monoisotopic (exact) mass is 1350 g/mol. The van der Waals surface area contributed by atoms with E-state index in [0.29, 0.717) is 31.6 Å². The van der Waals surface area contributed by atoms with Crippen molar-refractivity contribution in [2.75, 3.05) is 39.6 Å². The van der Waals surface area contributed by atoms with Crippen molar-refractivity contribution in [3.63, 3.8) is 0 Å². The van der Waals surface area contributed by atoms with Gasteiger partial charge in [0.1, 0.15) is 19.3 Å². The van der Waals surface area contributed by atoms with Crippen molar-refractivity contribution in [2.24, 2.45) is 23.7 Å². The van der Waals surface area contributed by atoms with E-state index in [1.54, 1.807) is 0 Å². The molecule has 0 fully saturated rings. The van der Waals surface area contributed by atoms with Gasteiger partial charge in [0.15, 0.2) is 12.2 Å². The van der Waals surface area contributed by atoms with E-state index in [-0.39, 0.29) is 25.7 Å². The standard InChI is InChI=1S/C73H142O17P2/c1-63(2)49-41-33-25-18-15-13-11-9-10-12-14-16-20-29-37-45-53-70(75)83-59-68(90-73(78)56-48-40-31-23-22-27-35-43-51-65(5)6)61-87-91(79,80)85-57-67(74)58-86-92(81,82)88-62-69(60-84-71(76)54-46-38-32-24-28-36-44-52-66(7)8)89-72(77)55-47-39-30-21-17-19-26-34-42-50-64(3)4/h63-69,74H,9-62H2,1-8H3,(H,79,80)(H,81,82)/t67?,68-,69-/m1/s1. The maximum atomic E-state index is 13.0. The number of carbonyl (C=O) groups excluding carboxylic acids is 4. The predicted octanol–water partition coefficient (Wildman–Crippen LogP) is 20.9. The highest BCUT2D eigenvalue weighted by molar-refractivity contribution is 7.47. The van der Waals surface area contributed by atoms with E-state index in [9.17, 15) is 43.2 Å². The van der Waals surface area contributed by atoms with Crippen LogP contribution in [-0.4, -0.2) is 96.7 Å². The van der Waals surface area contributed by atoms with Gasteiger partial charge in [-0.2, -0.15) is 0 Å². The molecule has 0 aromatic rings. The number of ether oxygens (including phenoxy) is 4. The van der Waals surface area contributed by atoms with Crippen molar-refractivity contribution < 1.29 is 80.2 Å². The molecule has 0 saturated heterocycles. The molecule has 19 heteroatoms. The van der Waals surface area contributed by atoms with Gasteiger partial charge >= 0.3 is 39.5 Å². The second kappa shape index (κ2) is 62.6. The lowest BCUT2D eigenvalue weighted by Crippen LogP contribution is -2.30. The summed E-state index contributed by atoms with van der Waals surface area (Å²) in [5, 5.41) is 10.6. The van der Waals surface area contributed by atoms with Gasteiger partial charge in [-0.25, -0.2) is 9.13 Å². The van der Waals surface area contributed by atoms with Crippen LogP contribution in [0.1, 0.15) is 364 Å². The van der Waals surface area contributed by atoms with Crippen molar-refractivity contribution in [3.05, 3.63) is 0 Å². The van der Waals surface area contributed by atoms with Gasteiger partial charge in [0.2, 0.25) is 0 Å². The van der Waals surface area contributed by atoms with E-state index >= 15 is 0 Å². The smallest absolute Gasteiger partial charge is 0.462 e. The van der Waals surface area contributed by atoms with E-state index in [0.717, 1.165) is 114 Å². The fraction of sp³-hybridized carbons (Fsp3) is 0.945. The van der Waals surface area contributed by atoms with Gasteiger partial charge in [0.25, 0.3) is 0 Å². The lowest BCUT2D eigenvalue weighted by atomic mass is 10.0. The number of rotatable bonds is 70. The molecule has 3 N–H and O–H groups in total. The van der Waals surface area contributed by atoms with Crippen LogP contribution in [0.5, 0.6) is 0 Å². The third-order valence-corrected chi connectivity index (χ3v) is 18.7. The number of unbranched alkanes of at least 4 members (excludes halogenated alkanes) is 36. The van der Waals surface area contributed by atoms with Crippen LogP contribution in [0.4, 0.5) is 0 Å². The van der Waals surface area contributed by atoms with E-state index in [2.05, 4.69) is 55.4 Å². The molecule has 0 radical (unpaired) electrons. The summed E-state index contributed by atoms with van der Waals surface area (Å²) >= 11 is 0. The summed E-state index contributed by atoms with van der Waals surface area (Å²) in [5.74, 6) is 0.844. The van der Waals surface area contributed by atoms with Crippen LogP contribution < -0.4 is 0 Å². The Kier molecular flexibility index (Phi) is 61.3. The first-order valence-corrected chi connectivity index (χ1v) is 40.7. The van der Waals surface area contributed by atoms with Crippen molar-refractivity contribution >= 4 is 39.5 Å². The Morgan fingerprint density at radius 3 is 0.674 bits per heavy atom. The van der Waals surface area contributed by atoms with E-state index < -0.39 is 97.5 Å². The molecule has 3 unspecified atom stereocenters. The molecule has 0 rings (SSSR count). The van der Waals surface area contributed by atoms with Gasteiger partial charge in [0.05, 0.1) is 26.4 Å². The number of aliphatic hydroxyl groups is 1. The minimum Gasteiger partial charge on any atom is -0.462 e. The fourth-order valence-corrected chi connectivity index (χ4v) is 12.6. The van der Waals surface area contributed by atoms with Gasteiger partial charge in [-0.1, -0.05) is 312 Å². The molecule has 0 heterocycles. The average Bonchev–Trinajstić information content (AvgIpc) is 3.46. The van der Waals surface area contributed by atoms with Crippen LogP contribution in [0.3, 0.4) is 0 Å². The Morgan fingerprint density at radius 2 is 0.457 bits per heavy atom. The number of phosphoric ester groups is 2. The minimum atomic E-state index is -4.95. The number of hydrogen-bond donors (Lipinski definition) is 3. The molecule has 0 amide bonds. The van der Waals surface area contributed by atoms with E-state index in [4.69, 9.17) is 37.0 Å². The van der Waals surface area contributed by atoms with Gasteiger partial charge in [-0.15, -0.1) is 0 Å². The Labute approximate surface area is 562 Å². The van der Waals surface area contributed by atoms with Crippen molar-refractivity contribution in [2.45, 2.75) is 382 Å². The molecule has 546 valence electrons. The summed E-state index contributed by atoms with van der Waals surface area (Å²) < 4.78 is 68.3. The summed E-state index contributed by atoms with van der Waals surface area (Å²) in [4.78, 5) is 72.6. The van der Waals surface area contributed by atoms with Gasteiger partial charge in [0, 0.05) is 25.7 Å². The third kappa shape index (κ3) is 66.7. The molecule has 0 spiro atoms. The van der Waals surface area contributed by atoms with Gasteiger partial charge < -0.3 is 33.8 Å². The molecule has 0 aliphatic heterocycles. The molecule has 0 aromatic carbocycles. The fourth-order valence-electron chi connectivity index (χ4n) is 11.0. The van der Waals surface area contributed by atoms with Gasteiger partial charge in [-0.3, -0.25) is 37.3 Å². The zero-order valence-corrected chi connectivity index (χ0v) is 62.0. The van der Waals surface area contributed by atoms with Crippen molar-refractivity contribution in [1.29, 1.82) is 0 Å². The molecule has 0 aliphatic rings. The highest BCUT2D eigenvalue weighted by Gasteiger charge is 2.30. The maximum Gasteiger partial charge on any atom is 0.472 e. The summed E-state index contributed by atoms with van der Waals surface area (Å²) in [6, 6.07) is 0. The summed E-state index contributed by atoms with van der Waals surface area (Å²) in [6.07, 6.45) is 46.1. The Balaban J connectivity index is 5.19. The van der Waals surface area contributed by atoms with Crippen molar-refractivity contribution in [3.8, 4) is 0 Å². The SMILES string of the molecule is CC(C)CCCCCCCCCCCCCCCCCCC(=O)OC[C@H](COP(=O)(O)OCC(O)COP(=O)(O)OC[C@@H](COC(=O)CCCCCCCCCC(C)C)OC(=O)CCCCCCCCCCCC(C)C)OC(=O)CCCCCCCCCCC(C)C.